The van der Waals surface area contributed by atoms with Crippen LogP contribution in [0.15, 0.2) is 48.5 Å². The number of benzene rings is 2. The highest BCUT2D eigenvalue weighted by Crippen LogP contribution is 2.23. The number of quaternary nitrogens is 1. The van der Waals surface area contributed by atoms with E-state index in [0.29, 0.717) is 17.8 Å². The quantitative estimate of drug-likeness (QED) is 0.544. The van der Waals surface area contributed by atoms with Crippen LogP contribution in [0.25, 0.3) is 0 Å². The summed E-state index contributed by atoms with van der Waals surface area (Å²) in [5.74, 6) is 3.21. The van der Waals surface area contributed by atoms with Crippen LogP contribution in [-0.4, -0.2) is 55.4 Å². The summed E-state index contributed by atoms with van der Waals surface area (Å²) >= 11 is 0. The molecule has 3 aromatic rings. The maximum Gasteiger partial charge on any atom is 0.233 e. The molecule has 9 nitrogen and oxygen atoms in total. The molecule has 0 unspecified atom stereocenters. The first-order chi connectivity index (χ1) is 14.7. The number of anilines is 5. The molecule has 30 heavy (non-hydrogen) atoms. The summed E-state index contributed by atoms with van der Waals surface area (Å²) in [5, 5.41) is 8.83. The Balaban J connectivity index is 1.60. The van der Waals surface area contributed by atoms with Crippen molar-refractivity contribution in [2.75, 3.05) is 55.9 Å². The van der Waals surface area contributed by atoms with E-state index in [1.807, 2.05) is 48.5 Å². The van der Waals surface area contributed by atoms with Crippen LogP contribution in [0.3, 0.4) is 0 Å². The molecule has 4 rings (SSSR count). The zero-order valence-corrected chi connectivity index (χ0v) is 17.1. The van der Waals surface area contributed by atoms with Crippen molar-refractivity contribution in [3.63, 3.8) is 0 Å². The molecular weight excluding hydrogens is 382 g/mol. The van der Waals surface area contributed by atoms with Gasteiger partial charge in [-0.3, -0.25) is 0 Å². The highest BCUT2D eigenvalue weighted by molar-refractivity contribution is 5.60. The highest BCUT2D eigenvalue weighted by Gasteiger charge is 2.18. The van der Waals surface area contributed by atoms with E-state index in [9.17, 15) is 0 Å². The van der Waals surface area contributed by atoms with Crippen LogP contribution >= 0.6 is 0 Å². The molecule has 0 radical (unpaired) electrons. The topological polar surface area (TPSA) is 101 Å². The molecule has 0 aliphatic carbocycles. The number of hydrogen-bond donors (Lipinski definition) is 3. The molecular formula is C21H26N7O2+. The van der Waals surface area contributed by atoms with E-state index in [-0.39, 0.29) is 0 Å². The van der Waals surface area contributed by atoms with Crippen molar-refractivity contribution in [3.8, 4) is 11.5 Å². The zero-order chi connectivity index (χ0) is 20.8. The van der Waals surface area contributed by atoms with Gasteiger partial charge in [0.25, 0.3) is 0 Å². The maximum absolute atomic E-state index is 5.22. The lowest BCUT2D eigenvalue weighted by molar-refractivity contribution is -0.655. The number of nitrogens with one attached hydrogen (secondary N) is 2. The van der Waals surface area contributed by atoms with Crippen molar-refractivity contribution in [2.45, 2.75) is 0 Å². The van der Waals surface area contributed by atoms with E-state index < -0.39 is 0 Å². The summed E-state index contributed by atoms with van der Waals surface area (Å²) in [6.45, 7) is 3.84. The Hall–Kier alpha value is -3.59. The second-order valence-electron chi connectivity index (χ2n) is 6.84. The molecule has 0 saturated carbocycles. The minimum absolute atomic E-state index is 0.482. The summed E-state index contributed by atoms with van der Waals surface area (Å²) in [6.07, 6.45) is 0. The Morgan fingerprint density at radius 1 is 0.733 bits per heavy atom. The van der Waals surface area contributed by atoms with E-state index in [1.165, 1.54) is 0 Å². The van der Waals surface area contributed by atoms with Crippen LogP contribution in [-0.2, 0) is 0 Å². The smallest absolute Gasteiger partial charge is 0.233 e. The van der Waals surface area contributed by atoms with E-state index >= 15 is 0 Å². The Bertz CT molecular complexity index is 890. The molecule has 1 aliphatic rings. The molecule has 1 aliphatic heterocycles. The predicted octanol–water partition coefficient (Wildman–Crippen LogP) is 1.76. The summed E-state index contributed by atoms with van der Waals surface area (Å²) in [6, 6.07) is 15.3. The Labute approximate surface area is 175 Å². The van der Waals surface area contributed by atoms with Crippen molar-refractivity contribution in [3.05, 3.63) is 48.5 Å². The average molecular weight is 408 g/mol. The van der Waals surface area contributed by atoms with Crippen molar-refractivity contribution < 1.29 is 14.8 Å². The number of aromatic nitrogens is 3. The number of rotatable bonds is 7. The molecule has 2 aromatic carbocycles. The Morgan fingerprint density at radius 2 is 1.20 bits per heavy atom. The fraction of sp³-hybridized carbons (Fsp3) is 0.286. The molecule has 0 atom stereocenters. The zero-order valence-electron chi connectivity index (χ0n) is 17.1. The molecule has 1 fully saturated rings. The van der Waals surface area contributed by atoms with Crippen molar-refractivity contribution in [1.82, 2.24) is 15.0 Å². The van der Waals surface area contributed by atoms with Crippen LogP contribution in [0, 0.1) is 0 Å². The number of nitrogens with zero attached hydrogens (tertiary/aromatic N) is 4. The van der Waals surface area contributed by atoms with Gasteiger partial charge in [0.05, 0.1) is 40.4 Å². The first kappa shape index (κ1) is 19.7. The third kappa shape index (κ3) is 4.87. The van der Waals surface area contributed by atoms with Gasteiger partial charge >= 0.3 is 0 Å². The highest BCUT2D eigenvalue weighted by atomic mass is 16.5. The number of nitrogens with two attached hydrogens (primary N) is 1. The van der Waals surface area contributed by atoms with Gasteiger partial charge in [0.1, 0.15) is 11.5 Å². The van der Waals surface area contributed by atoms with Crippen LogP contribution in [0.5, 0.6) is 11.5 Å². The monoisotopic (exact) mass is 408 g/mol. The lowest BCUT2D eigenvalue weighted by Crippen LogP contribution is -2.89. The van der Waals surface area contributed by atoms with E-state index in [4.69, 9.17) is 9.47 Å². The van der Waals surface area contributed by atoms with Crippen LogP contribution in [0.4, 0.5) is 29.2 Å². The van der Waals surface area contributed by atoms with Crippen molar-refractivity contribution in [1.29, 1.82) is 0 Å². The molecule has 2 heterocycles. The van der Waals surface area contributed by atoms with Crippen LogP contribution in [0.2, 0.25) is 0 Å². The summed E-state index contributed by atoms with van der Waals surface area (Å²) in [7, 11) is 3.29. The minimum atomic E-state index is 0.482. The standard InChI is InChI=1S/C21H25N7O2/c1-29-17-7-3-15(4-8-17)23-19-25-20(24-16-5-9-18(30-2)10-6-16)27-21(26-19)28-13-11-22-12-14-28/h3-10,22H,11-14H2,1-2H3,(H2,23,24,25,26,27)/p+1. The van der Waals surface area contributed by atoms with Gasteiger partial charge in [-0.2, -0.15) is 15.0 Å². The second-order valence-corrected chi connectivity index (χ2v) is 6.84. The van der Waals surface area contributed by atoms with E-state index in [1.54, 1.807) is 14.2 Å². The van der Waals surface area contributed by atoms with E-state index in [2.05, 4.69) is 35.8 Å². The van der Waals surface area contributed by atoms with Gasteiger partial charge in [0, 0.05) is 11.4 Å². The van der Waals surface area contributed by atoms with Gasteiger partial charge in [-0.25, -0.2) is 0 Å². The van der Waals surface area contributed by atoms with Gasteiger partial charge in [-0.15, -0.1) is 0 Å². The SMILES string of the molecule is COc1ccc(Nc2nc(Nc3ccc(OC)cc3)nc(N3CC[NH2+]CC3)n2)cc1. The molecule has 1 aromatic heterocycles. The molecule has 0 amide bonds. The molecule has 0 bridgehead atoms. The number of methoxy groups -OCH3 is 2. The van der Waals surface area contributed by atoms with Gasteiger partial charge in [-0.1, -0.05) is 0 Å². The number of ether oxygens (including phenoxy) is 2. The molecule has 9 heteroatoms. The summed E-state index contributed by atoms with van der Waals surface area (Å²) in [5.41, 5.74) is 1.74. The first-order valence-electron chi connectivity index (χ1n) is 9.88. The van der Waals surface area contributed by atoms with Crippen molar-refractivity contribution >= 4 is 29.2 Å². The Kier molecular flexibility index (Phi) is 6.09. The third-order valence-corrected chi connectivity index (χ3v) is 4.81. The Morgan fingerprint density at radius 3 is 1.63 bits per heavy atom. The van der Waals surface area contributed by atoms with Gasteiger partial charge in [-0.05, 0) is 48.5 Å². The summed E-state index contributed by atoms with van der Waals surface area (Å²) in [4.78, 5) is 16.0. The lowest BCUT2D eigenvalue weighted by atomic mass is 10.3. The number of hydrogen-bond acceptors (Lipinski definition) is 8. The fourth-order valence-electron chi connectivity index (χ4n) is 3.18. The molecule has 4 N–H and O–H groups in total. The first-order valence-corrected chi connectivity index (χ1v) is 9.88. The molecule has 156 valence electrons. The molecule has 1 saturated heterocycles. The van der Waals surface area contributed by atoms with Gasteiger partial charge in [0.2, 0.25) is 17.8 Å². The number of piperazine rings is 1. The normalized spacial score (nSPS) is 13.6. The van der Waals surface area contributed by atoms with Crippen LogP contribution < -0.4 is 30.3 Å². The largest absolute Gasteiger partial charge is 0.497 e. The van der Waals surface area contributed by atoms with Crippen molar-refractivity contribution in [2.24, 2.45) is 0 Å². The maximum atomic E-state index is 5.22. The van der Waals surface area contributed by atoms with Crippen LogP contribution in [0.1, 0.15) is 0 Å². The van der Waals surface area contributed by atoms with E-state index in [0.717, 1.165) is 49.1 Å². The summed E-state index contributed by atoms with van der Waals surface area (Å²) < 4.78 is 10.4. The molecule has 0 spiro atoms. The average Bonchev–Trinajstić information content (AvgIpc) is 2.80. The minimum Gasteiger partial charge on any atom is -0.497 e. The lowest BCUT2D eigenvalue weighted by Gasteiger charge is -2.25. The predicted molar refractivity (Wildman–Crippen MR) is 116 cm³/mol. The van der Waals surface area contributed by atoms with Gasteiger partial charge in [0.15, 0.2) is 0 Å². The third-order valence-electron chi connectivity index (χ3n) is 4.81. The fourth-order valence-corrected chi connectivity index (χ4v) is 3.18. The second kappa shape index (κ2) is 9.27. The van der Waals surface area contributed by atoms with Gasteiger partial charge < -0.3 is 30.3 Å².